The fourth-order valence-electron chi connectivity index (χ4n) is 3.80. The summed E-state index contributed by atoms with van der Waals surface area (Å²) in [6, 6.07) is 0. The number of hydrogen-bond acceptors (Lipinski definition) is 3. The van der Waals surface area contributed by atoms with Gasteiger partial charge in [0.15, 0.2) is 0 Å². The van der Waals surface area contributed by atoms with Crippen LogP contribution < -0.4 is 0 Å². The topological polar surface area (TPSA) is 35.5 Å². The summed E-state index contributed by atoms with van der Waals surface area (Å²) in [6.45, 7) is 4.06. The van der Waals surface area contributed by atoms with Crippen LogP contribution in [0.25, 0.3) is 0 Å². The van der Waals surface area contributed by atoms with Crippen molar-refractivity contribution in [3.8, 4) is 0 Å². The predicted molar refractivity (Wildman–Crippen MR) is 58.9 cm³/mol. The second kappa shape index (κ2) is 3.46. The highest BCUT2D eigenvalue weighted by Gasteiger charge is 2.71. The van der Waals surface area contributed by atoms with E-state index in [2.05, 4.69) is 6.92 Å². The minimum Gasteiger partial charge on any atom is -0.462 e. The smallest absolute Gasteiger partial charge is 0.312 e. The van der Waals surface area contributed by atoms with Gasteiger partial charge in [0.25, 0.3) is 0 Å². The van der Waals surface area contributed by atoms with E-state index in [4.69, 9.17) is 9.47 Å². The van der Waals surface area contributed by atoms with E-state index in [0.29, 0.717) is 5.92 Å². The standard InChI is InChI=1S/C13H20O3/c1-8-7-9(2)16-13-6-4-3-5-10(13)11(13)12(14)15-8/h8-11H,3-7H2,1-2H3/t8-,9-,10+,11-,13-/m1/s1. The van der Waals surface area contributed by atoms with Crippen LogP contribution in [0.4, 0.5) is 0 Å². The quantitative estimate of drug-likeness (QED) is 0.592. The third-order valence-corrected chi connectivity index (χ3v) is 4.44. The first-order valence-electron chi connectivity index (χ1n) is 6.52. The van der Waals surface area contributed by atoms with Gasteiger partial charge in [-0.15, -0.1) is 0 Å². The molecule has 3 heteroatoms. The average molecular weight is 224 g/mol. The molecule has 5 atom stereocenters. The van der Waals surface area contributed by atoms with E-state index in [1.54, 1.807) is 0 Å². The molecule has 0 N–H and O–H groups in total. The highest BCUT2D eigenvalue weighted by molar-refractivity contribution is 5.79. The number of carbonyl (C=O) groups is 1. The third kappa shape index (κ3) is 1.41. The lowest BCUT2D eigenvalue weighted by Gasteiger charge is -2.29. The summed E-state index contributed by atoms with van der Waals surface area (Å²) in [7, 11) is 0. The Balaban J connectivity index is 1.84. The molecule has 90 valence electrons. The Hall–Kier alpha value is -0.570. The summed E-state index contributed by atoms with van der Waals surface area (Å²) in [5.41, 5.74) is -0.130. The molecular weight excluding hydrogens is 204 g/mol. The van der Waals surface area contributed by atoms with Crippen molar-refractivity contribution in [3.05, 3.63) is 0 Å². The largest absolute Gasteiger partial charge is 0.462 e. The van der Waals surface area contributed by atoms with E-state index in [1.807, 2.05) is 6.92 Å². The first-order chi connectivity index (χ1) is 7.63. The highest BCUT2D eigenvalue weighted by Crippen LogP contribution is 2.63. The lowest BCUT2D eigenvalue weighted by Crippen LogP contribution is -2.34. The van der Waals surface area contributed by atoms with Gasteiger partial charge in [-0.05, 0) is 26.7 Å². The molecule has 3 fully saturated rings. The van der Waals surface area contributed by atoms with Crippen molar-refractivity contribution in [2.75, 3.05) is 0 Å². The van der Waals surface area contributed by atoms with Crippen LogP contribution in [0.2, 0.25) is 0 Å². The number of rotatable bonds is 0. The Morgan fingerprint density at radius 2 is 2.06 bits per heavy atom. The molecule has 0 aromatic rings. The number of hydrogen-bond donors (Lipinski definition) is 0. The average Bonchev–Trinajstić information content (AvgIpc) is 2.82. The maximum atomic E-state index is 12.0. The molecule has 2 aliphatic carbocycles. The van der Waals surface area contributed by atoms with E-state index in [0.717, 1.165) is 19.3 Å². The Labute approximate surface area is 96.5 Å². The van der Waals surface area contributed by atoms with E-state index in [1.165, 1.54) is 12.8 Å². The zero-order valence-electron chi connectivity index (χ0n) is 10.1. The molecular formula is C13H20O3. The fraction of sp³-hybridized carbons (Fsp3) is 0.923. The molecule has 3 nitrogen and oxygen atoms in total. The van der Waals surface area contributed by atoms with Gasteiger partial charge in [-0.1, -0.05) is 12.8 Å². The zero-order chi connectivity index (χ0) is 11.3. The van der Waals surface area contributed by atoms with Crippen molar-refractivity contribution in [2.45, 2.75) is 63.8 Å². The molecule has 3 rings (SSSR count). The number of esters is 1. The summed E-state index contributed by atoms with van der Waals surface area (Å²) in [4.78, 5) is 12.0. The fourth-order valence-corrected chi connectivity index (χ4v) is 3.80. The van der Waals surface area contributed by atoms with E-state index < -0.39 is 0 Å². The molecule has 0 aromatic heterocycles. The molecule has 1 spiro atoms. The molecule has 2 saturated carbocycles. The second-order valence-electron chi connectivity index (χ2n) is 5.70. The monoisotopic (exact) mass is 224 g/mol. The van der Waals surface area contributed by atoms with Crippen molar-refractivity contribution in [1.29, 1.82) is 0 Å². The number of ether oxygens (including phenoxy) is 2. The second-order valence-corrected chi connectivity index (χ2v) is 5.70. The van der Waals surface area contributed by atoms with Gasteiger partial charge < -0.3 is 9.47 Å². The van der Waals surface area contributed by atoms with Gasteiger partial charge >= 0.3 is 5.97 Å². The van der Waals surface area contributed by atoms with Crippen LogP contribution >= 0.6 is 0 Å². The number of fused-ring (bicyclic) bond motifs is 1. The SMILES string of the molecule is C[C@@H]1C[C@@H](C)O[C@]23CCCC[C@H]2[C@@H]3C(=O)O1. The van der Waals surface area contributed by atoms with Crippen LogP contribution in [0.5, 0.6) is 0 Å². The molecule has 3 aliphatic rings. The van der Waals surface area contributed by atoms with Crippen molar-refractivity contribution < 1.29 is 14.3 Å². The lowest BCUT2D eigenvalue weighted by atomic mass is 9.97. The minimum absolute atomic E-state index is 0.00232. The summed E-state index contributed by atoms with van der Waals surface area (Å²) in [5, 5.41) is 0. The van der Waals surface area contributed by atoms with Gasteiger partial charge in [0.05, 0.1) is 17.6 Å². The van der Waals surface area contributed by atoms with E-state index in [-0.39, 0.29) is 29.7 Å². The van der Waals surface area contributed by atoms with Gasteiger partial charge in [-0.2, -0.15) is 0 Å². The normalized spacial score (nSPS) is 51.8. The molecule has 1 aliphatic heterocycles. The van der Waals surface area contributed by atoms with Gasteiger partial charge in [-0.25, -0.2) is 0 Å². The minimum atomic E-state index is -0.130. The van der Waals surface area contributed by atoms with E-state index in [9.17, 15) is 4.79 Å². The molecule has 16 heavy (non-hydrogen) atoms. The van der Waals surface area contributed by atoms with E-state index >= 15 is 0 Å². The first-order valence-corrected chi connectivity index (χ1v) is 6.52. The molecule has 0 radical (unpaired) electrons. The van der Waals surface area contributed by atoms with Gasteiger partial charge in [0, 0.05) is 12.3 Å². The van der Waals surface area contributed by atoms with Crippen LogP contribution in [-0.4, -0.2) is 23.8 Å². The van der Waals surface area contributed by atoms with Crippen LogP contribution in [0.1, 0.15) is 46.0 Å². The lowest BCUT2D eigenvalue weighted by molar-refractivity contribution is -0.161. The van der Waals surface area contributed by atoms with Crippen molar-refractivity contribution in [2.24, 2.45) is 11.8 Å². The Bertz CT molecular complexity index is 314. The molecule has 0 amide bonds. The Kier molecular flexibility index (Phi) is 2.29. The maximum Gasteiger partial charge on any atom is 0.312 e. The van der Waals surface area contributed by atoms with Crippen LogP contribution in [0.3, 0.4) is 0 Å². The predicted octanol–water partition coefficient (Wildman–Crippen LogP) is 2.29. The van der Waals surface area contributed by atoms with Crippen LogP contribution in [0.15, 0.2) is 0 Å². The van der Waals surface area contributed by atoms with Gasteiger partial charge in [0.2, 0.25) is 0 Å². The van der Waals surface area contributed by atoms with Crippen LogP contribution in [0, 0.1) is 11.8 Å². The zero-order valence-corrected chi connectivity index (χ0v) is 10.1. The number of carbonyl (C=O) groups excluding carboxylic acids is 1. The van der Waals surface area contributed by atoms with Crippen molar-refractivity contribution in [1.82, 2.24) is 0 Å². The Morgan fingerprint density at radius 1 is 1.25 bits per heavy atom. The highest BCUT2D eigenvalue weighted by atomic mass is 16.6. The van der Waals surface area contributed by atoms with Crippen molar-refractivity contribution in [3.63, 3.8) is 0 Å². The van der Waals surface area contributed by atoms with Crippen molar-refractivity contribution >= 4 is 5.97 Å². The molecule has 0 unspecified atom stereocenters. The maximum absolute atomic E-state index is 12.0. The third-order valence-electron chi connectivity index (χ3n) is 4.44. The summed E-state index contributed by atoms with van der Waals surface area (Å²) < 4.78 is 11.7. The summed E-state index contributed by atoms with van der Waals surface area (Å²) in [5.74, 6) is 0.480. The summed E-state index contributed by atoms with van der Waals surface area (Å²) >= 11 is 0. The first kappa shape index (κ1) is 10.6. The molecule has 1 heterocycles. The molecule has 1 saturated heterocycles. The molecule has 0 bridgehead atoms. The van der Waals surface area contributed by atoms with Gasteiger partial charge in [0.1, 0.15) is 6.10 Å². The number of cyclic esters (lactones) is 1. The Morgan fingerprint density at radius 3 is 2.88 bits per heavy atom. The van der Waals surface area contributed by atoms with Crippen LogP contribution in [-0.2, 0) is 14.3 Å². The summed E-state index contributed by atoms with van der Waals surface area (Å²) in [6.07, 6.45) is 5.67. The molecule has 0 aromatic carbocycles. The van der Waals surface area contributed by atoms with Gasteiger partial charge in [-0.3, -0.25) is 4.79 Å².